The average Bonchev–Trinajstić information content (AvgIpc) is 2.84. The van der Waals surface area contributed by atoms with Gasteiger partial charge in [0.1, 0.15) is 18.2 Å². The molecule has 1 fully saturated rings. The van der Waals surface area contributed by atoms with Gasteiger partial charge in [-0.25, -0.2) is 9.97 Å². The third-order valence-corrected chi connectivity index (χ3v) is 7.21. The number of hydrogen-bond acceptors (Lipinski definition) is 6. The van der Waals surface area contributed by atoms with Gasteiger partial charge >= 0.3 is 6.18 Å². The van der Waals surface area contributed by atoms with E-state index >= 15 is 0 Å². The number of halogens is 3. The molecule has 0 bridgehead atoms. The molecule has 4 rings (SSSR count). The predicted octanol–water partition coefficient (Wildman–Crippen LogP) is 4.97. The van der Waals surface area contributed by atoms with Crippen molar-refractivity contribution in [3.8, 4) is 17.1 Å². The lowest BCUT2D eigenvalue weighted by atomic mass is 10.0. The van der Waals surface area contributed by atoms with Crippen LogP contribution >= 0.6 is 0 Å². The quantitative estimate of drug-likeness (QED) is 0.455. The summed E-state index contributed by atoms with van der Waals surface area (Å²) in [6, 6.07) is 9.53. The van der Waals surface area contributed by atoms with Crippen molar-refractivity contribution in [3.05, 3.63) is 69.9 Å². The number of aryl methyl sites for hydroxylation is 4. The van der Waals surface area contributed by atoms with Crippen LogP contribution in [-0.2, 0) is 17.6 Å². The Morgan fingerprint density at radius 1 is 1.05 bits per heavy atom. The van der Waals surface area contributed by atoms with Gasteiger partial charge in [-0.1, -0.05) is 24.3 Å². The number of aromatic nitrogens is 2. The van der Waals surface area contributed by atoms with Gasteiger partial charge in [0.25, 0.3) is 0 Å². The Balaban J connectivity index is 1.73. The van der Waals surface area contributed by atoms with Gasteiger partial charge in [-0.3, -0.25) is 9.69 Å². The molecule has 0 unspecified atom stereocenters. The fourth-order valence-corrected chi connectivity index (χ4v) is 4.99. The summed E-state index contributed by atoms with van der Waals surface area (Å²) in [4.78, 5) is 25.5. The summed E-state index contributed by atoms with van der Waals surface area (Å²) in [7, 11) is 0. The van der Waals surface area contributed by atoms with E-state index in [0.717, 1.165) is 28.8 Å². The van der Waals surface area contributed by atoms with E-state index in [1.807, 2.05) is 50.8 Å². The van der Waals surface area contributed by atoms with Crippen LogP contribution in [0.5, 0.6) is 5.75 Å². The van der Waals surface area contributed by atoms with Gasteiger partial charge in [-0.15, -0.1) is 0 Å². The number of anilines is 1. The van der Waals surface area contributed by atoms with E-state index in [4.69, 9.17) is 20.4 Å². The van der Waals surface area contributed by atoms with E-state index in [-0.39, 0.29) is 30.9 Å². The van der Waals surface area contributed by atoms with E-state index < -0.39 is 11.7 Å². The molecule has 39 heavy (non-hydrogen) atoms. The first-order valence-electron chi connectivity index (χ1n) is 12.9. The molecule has 1 saturated heterocycles. The lowest BCUT2D eigenvalue weighted by molar-refractivity contribution is -0.137. The van der Waals surface area contributed by atoms with Crippen molar-refractivity contribution in [1.29, 1.82) is 0 Å². The smallest absolute Gasteiger partial charge is 0.416 e. The van der Waals surface area contributed by atoms with Gasteiger partial charge in [0, 0.05) is 31.2 Å². The van der Waals surface area contributed by atoms with E-state index in [2.05, 4.69) is 4.90 Å². The zero-order valence-corrected chi connectivity index (χ0v) is 22.9. The summed E-state index contributed by atoms with van der Waals surface area (Å²) in [5.41, 5.74) is 9.70. The summed E-state index contributed by atoms with van der Waals surface area (Å²) >= 11 is 0. The molecule has 2 heterocycles. The van der Waals surface area contributed by atoms with Gasteiger partial charge in [0.2, 0.25) is 5.91 Å². The van der Waals surface area contributed by atoms with E-state index in [1.54, 1.807) is 6.92 Å². The van der Waals surface area contributed by atoms with Gasteiger partial charge in [0.15, 0.2) is 5.82 Å². The molecule has 10 heteroatoms. The minimum absolute atomic E-state index is 0.00618. The average molecular weight is 542 g/mol. The van der Waals surface area contributed by atoms with Crippen LogP contribution in [0.15, 0.2) is 36.4 Å². The minimum Gasteiger partial charge on any atom is -0.488 e. The molecule has 208 valence electrons. The minimum atomic E-state index is -4.47. The molecule has 1 aliphatic rings. The molecule has 1 aromatic heterocycles. The monoisotopic (exact) mass is 541 g/mol. The molecular formula is C29H34F3N5O2. The number of nitrogens with zero attached hydrogens (tertiary/aromatic N) is 4. The van der Waals surface area contributed by atoms with Crippen molar-refractivity contribution >= 4 is 11.7 Å². The molecule has 0 saturated carbocycles. The van der Waals surface area contributed by atoms with Crippen molar-refractivity contribution in [3.63, 3.8) is 0 Å². The highest BCUT2D eigenvalue weighted by Gasteiger charge is 2.32. The van der Waals surface area contributed by atoms with Gasteiger partial charge < -0.3 is 15.4 Å². The number of alkyl halides is 3. The standard InChI is InChI=1S/C29H34F3N5O2/c1-17-9-10-22(29(30,31)32)13-24(17)39-16-23-21(5)34-27(26-18(2)7-6-8-19(26)3)35-28(23)37-12-11-36(15-25(33)38)20(4)14-37/h6-10,13,20H,11-12,14-16H2,1-5H3,(H2,33,38)/t20-/m1/s1. The number of carbonyl (C=O) groups excluding carboxylic acids is 1. The first-order valence-corrected chi connectivity index (χ1v) is 12.9. The predicted molar refractivity (Wildman–Crippen MR) is 145 cm³/mol. The molecule has 1 atom stereocenters. The largest absolute Gasteiger partial charge is 0.488 e. The van der Waals surface area contributed by atoms with Crippen molar-refractivity contribution < 1.29 is 22.7 Å². The second kappa shape index (κ2) is 11.2. The van der Waals surface area contributed by atoms with Crippen molar-refractivity contribution in [1.82, 2.24) is 14.9 Å². The summed E-state index contributed by atoms with van der Waals surface area (Å²) < 4.78 is 46.0. The highest BCUT2D eigenvalue weighted by Crippen LogP contribution is 2.35. The van der Waals surface area contributed by atoms with Gasteiger partial charge in [-0.05, 0) is 63.4 Å². The Labute approximate surface area is 226 Å². The van der Waals surface area contributed by atoms with Crippen LogP contribution in [0.4, 0.5) is 19.0 Å². The summed E-state index contributed by atoms with van der Waals surface area (Å²) in [6.45, 7) is 11.6. The fraction of sp³-hybridized carbons (Fsp3) is 0.414. The van der Waals surface area contributed by atoms with E-state index in [9.17, 15) is 18.0 Å². The molecule has 0 radical (unpaired) electrons. The Morgan fingerprint density at radius 3 is 2.36 bits per heavy atom. The molecule has 0 spiro atoms. The van der Waals surface area contributed by atoms with E-state index in [1.165, 1.54) is 6.07 Å². The Bertz CT molecular complexity index is 1360. The van der Waals surface area contributed by atoms with Crippen molar-refractivity contribution in [2.45, 2.75) is 53.4 Å². The SMILES string of the molecule is Cc1ccc(C(F)(F)F)cc1OCc1c(C)nc(-c2c(C)cccc2C)nc1N1CCN(CC(N)=O)[C@H](C)C1. The second-order valence-electron chi connectivity index (χ2n) is 10.2. The second-order valence-corrected chi connectivity index (χ2v) is 10.2. The molecule has 3 aromatic rings. The van der Waals surface area contributed by atoms with Crippen LogP contribution in [0.2, 0.25) is 0 Å². The molecule has 1 aliphatic heterocycles. The van der Waals surface area contributed by atoms with Crippen LogP contribution in [0.3, 0.4) is 0 Å². The summed E-state index contributed by atoms with van der Waals surface area (Å²) in [5, 5.41) is 0. The molecule has 2 aromatic carbocycles. The number of hydrogen-bond donors (Lipinski definition) is 1. The van der Waals surface area contributed by atoms with Crippen LogP contribution < -0.4 is 15.4 Å². The maximum absolute atomic E-state index is 13.3. The Morgan fingerprint density at radius 2 is 1.74 bits per heavy atom. The number of benzene rings is 2. The van der Waals surface area contributed by atoms with Gasteiger partial charge in [-0.2, -0.15) is 13.2 Å². The lowest BCUT2D eigenvalue weighted by Gasteiger charge is -2.40. The number of piperazine rings is 1. The molecule has 1 amide bonds. The Kier molecular flexibility index (Phi) is 8.15. The lowest BCUT2D eigenvalue weighted by Crippen LogP contribution is -2.54. The highest BCUT2D eigenvalue weighted by molar-refractivity contribution is 5.76. The third kappa shape index (κ3) is 6.33. The number of nitrogens with two attached hydrogens (primary N) is 1. The number of ether oxygens (including phenoxy) is 1. The first kappa shape index (κ1) is 28.4. The highest BCUT2D eigenvalue weighted by atomic mass is 19.4. The normalized spacial score (nSPS) is 16.4. The maximum Gasteiger partial charge on any atom is 0.416 e. The topological polar surface area (TPSA) is 84.6 Å². The fourth-order valence-electron chi connectivity index (χ4n) is 4.99. The zero-order chi connectivity index (χ0) is 28.5. The van der Waals surface area contributed by atoms with Crippen molar-refractivity contribution in [2.75, 3.05) is 31.1 Å². The molecule has 7 nitrogen and oxygen atoms in total. The number of rotatable bonds is 7. The number of amides is 1. The van der Waals surface area contributed by atoms with Crippen molar-refractivity contribution in [2.24, 2.45) is 5.73 Å². The van der Waals surface area contributed by atoms with Crippen LogP contribution in [0.1, 0.15) is 40.4 Å². The third-order valence-electron chi connectivity index (χ3n) is 7.21. The number of primary amides is 1. The van der Waals surface area contributed by atoms with Crippen LogP contribution in [-0.4, -0.2) is 53.0 Å². The summed E-state index contributed by atoms with van der Waals surface area (Å²) in [6.07, 6.45) is -4.47. The summed E-state index contributed by atoms with van der Waals surface area (Å²) in [5.74, 6) is 1.05. The molecule has 2 N–H and O–H groups in total. The van der Waals surface area contributed by atoms with E-state index in [0.29, 0.717) is 48.1 Å². The first-order chi connectivity index (χ1) is 18.3. The van der Waals surface area contributed by atoms with Crippen LogP contribution in [0.25, 0.3) is 11.4 Å². The Hall–Kier alpha value is -3.66. The van der Waals surface area contributed by atoms with Crippen LogP contribution in [0, 0.1) is 27.7 Å². The zero-order valence-electron chi connectivity index (χ0n) is 22.9. The molecular weight excluding hydrogens is 507 g/mol. The molecule has 0 aliphatic carbocycles. The number of carbonyl (C=O) groups is 1. The maximum atomic E-state index is 13.3. The van der Waals surface area contributed by atoms with Gasteiger partial charge in [0.05, 0.1) is 23.4 Å².